The highest BCUT2D eigenvalue weighted by Gasteiger charge is 2.88. The van der Waals surface area contributed by atoms with Crippen LogP contribution in [0.4, 0.5) is 0 Å². The normalized spacial score (nSPS) is 47.0. The van der Waals surface area contributed by atoms with E-state index in [0.29, 0.717) is 0 Å². The van der Waals surface area contributed by atoms with Gasteiger partial charge in [0.15, 0.2) is 6.29 Å². The Morgan fingerprint density at radius 3 is 2.47 bits per heavy atom. The fraction of sp³-hybridized carbons (Fsp3) is 0.652. The van der Waals surface area contributed by atoms with E-state index in [2.05, 4.69) is 0 Å². The molecule has 11 heteroatoms. The summed E-state index contributed by atoms with van der Waals surface area (Å²) in [5.41, 5.74) is -4.08. The second kappa shape index (κ2) is 7.95. The van der Waals surface area contributed by atoms with E-state index >= 15 is 0 Å². The number of ether oxygens (including phenoxy) is 4. The largest absolute Gasteiger partial charge is 0.461 e. The van der Waals surface area contributed by atoms with Crippen LogP contribution in [0.2, 0.25) is 0 Å². The fourth-order valence-electron chi connectivity index (χ4n) is 6.19. The van der Waals surface area contributed by atoms with Gasteiger partial charge in [0, 0.05) is 12.3 Å². The molecule has 186 valence electrons. The molecule has 11 nitrogen and oxygen atoms in total. The molecule has 0 amide bonds. The minimum absolute atomic E-state index is 0.0508. The molecule has 0 unspecified atom stereocenters. The van der Waals surface area contributed by atoms with Gasteiger partial charge in [0.2, 0.25) is 0 Å². The molecule has 10 atom stereocenters. The summed E-state index contributed by atoms with van der Waals surface area (Å²) in [4.78, 5) is 25.9. The zero-order valence-electron chi connectivity index (χ0n) is 18.4. The third-order valence-corrected chi connectivity index (χ3v) is 8.07. The molecular weight excluding hydrogens is 452 g/mol. The molecule has 5 fully saturated rings. The standard InChI is InChI=1S/C23H28O11/c1-21-8-13(25)12-7-23(21,33-19-17(28)16(27)15(26)14(9-24)32-19)22(12,20(30)34-21)10-31-18(29)11-5-3-2-4-6-11/h2-6,12-17,19,24-28H,7-10H2,1H3/t12-,13-,14-,15-,16+,17-,19+,21+,22-,23+/m1/s1. The van der Waals surface area contributed by atoms with Crippen molar-refractivity contribution in [1.82, 2.24) is 0 Å². The molecule has 2 heterocycles. The smallest absolute Gasteiger partial charge is 0.338 e. The number of hydrogen-bond donors (Lipinski definition) is 5. The summed E-state index contributed by atoms with van der Waals surface area (Å²) in [6.07, 6.45) is -8.41. The SMILES string of the molecule is C[C@]12C[C@@H](O)[C@H]3C[C@@]1(O[C@@H]1O[C@H](CO)[C@@H](O)[C@H](O)[C@H]1O)[C@@]3(COC(=O)c1ccccc1)C(=O)O2. The number of fused-ring (bicyclic) bond motifs is 1. The van der Waals surface area contributed by atoms with Gasteiger partial charge in [-0.15, -0.1) is 0 Å². The molecule has 2 aliphatic heterocycles. The van der Waals surface area contributed by atoms with Crippen molar-refractivity contribution in [2.45, 2.75) is 67.8 Å². The predicted molar refractivity (Wildman–Crippen MR) is 110 cm³/mol. The number of carbonyl (C=O) groups excluding carboxylic acids is 2. The Bertz CT molecular complexity index is 969. The van der Waals surface area contributed by atoms with Gasteiger partial charge in [0.25, 0.3) is 0 Å². The summed E-state index contributed by atoms with van der Waals surface area (Å²) in [7, 11) is 0. The van der Waals surface area contributed by atoms with E-state index < -0.39 is 84.5 Å². The van der Waals surface area contributed by atoms with Crippen LogP contribution in [-0.4, -0.2) is 98.7 Å². The number of benzene rings is 1. The summed E-state index contributed by atoms with van der Waals surface area (Å²) in [6.45, 7) is 0.508. The van der Waals surface area contributed by atoms with Crippen molar-refractivity contribution in [1.29, 1.82) is 0 Å². The quantitative estimate of drug-likeness (QED) is 0.300. The molecule has 1 aromatic carbocycles. The van der Waals surface area contributed by atoms with Crippen LogP contribution in [0.15, 0.2) is 30.3 Å². The Labute approximate surface area is 194 Å². The molecule has 6 rings (SSSR count). The lowest BCUT2D eigenvalue weighted by Gasteiger charge is -2.66. The molecular formula is C23H28O11. The van der Waals surface area contributed by atoms with E-state index in [1.807, 2.05) is 0 Å². The minimum atomic E-state index is -1.69. The van der Waals surface area contributed by atoms with Crippen LogP contribution in [0.1, 0.15) is 30.1 Å². The highest BCUT2D eigenvalue weighted by molar-refractivity contribution is 5.90. The summed E-state index contributed by atoms with van der Waals surface area (Å²) < 4.78 is 22.9. The maximum absolute atomic E-state index is 13.2. The lowest BCUT2D eigenvalue weighted by atomic mass is 9.40. The third-order valence-electron chi connectivity index (χ3n) is 8.07. The summed E-state index contributed by atoms with van der Waals surface area (Å²) >= 11 is 0. The molecule has 2 saturated heterocycles. The Morgan fingerprint density at radius 2 is 1.79 bits per heavy atom. The van der Waals surface area contributed by atoms with Crippen molar-refractivity contribution >= 4 is 11.9 Å². The second-order valence-electron chi connectivity index (χ2n) is 9.76. The van der Waals surface area contributed by atoms with E-state index in [-0.39, 0.29) is 18.4 Å². The molecule has 3 aliphatic carbocycles. The van der Waals surface area contributed by atoms with Crippen LogP contribution in [0.5, 0.6) is 0 Å². The van der Waals surface area contributed by atoms with E-state index in [9.17, 15) is 35.1 Å². The van der Waals surface area contributed by atoms with Gasteiger partial charge in [0.05, 0.1) is 18.3 Å². The second-order valence-corrected chi connectivity index (χ2v) is 9.76. The Kier molecular flexibility index (Phi) is 5.52. The van der Waals surface area contributed by atoms with E-state index in [1.165, 1.54) is 0 Å². The molecule has 0 aromatic heterocycles. The van der Waals surface area contributed by atoms with Crippen molar-refractivity contribution in [3.05, 3.63) is 35.9 Å². The first kappa shape index (κ1) is 23.6. The first-order chi connectivity index (χ1) is 16.1. The van der Waals surface area contributed by atoms with Gasteiger partial charge in [-0.2, -0.15) is 0 Å². The lowest BCUT2D eigenvalue weighted by Crippen LogP contribution is -2.80. The maximum atomic E-state index is 13.2. The van der Waals surface area contributed by atoms with Gasteiger partial charge in [-0.3, -0.25) is 4.79 Å². The molecule has 0 spiro atoms. The van der Waals surface area contributed by atoms with Crippen molar-refractivity contribution < 1.29 is 54.1 Å². The van der Waals surface area contributed by atoms with E-state index in [1.54, 1.807) is 37.3 Å². The highest BCUT2D eigenvalue weighted by atomic mass is 16.7. The number of carbonyl (C=O) groups is 2. The number of rotatable bonds is 6. The topological polar surface area (TPSA) is 172 Å². The van der Waals surface area contributed by atoms with Crippen molar-refractivity contribution in [3.63, 3.8) is 0 Å². The van der Waals surface area contributed by atoms with Crippen LogP contribution < -0.4 is 0 Å². The van der Waals surface area contributed by atoms with Gasteiger partial charge in [-0.25, -0.2) is 4.79 Å². The minimum Gasteiger partial charge on any atom is -0.461 e. The van der Waals surface area contributed by atoms with Gasteiger partial charge in [0.1, 0.15) is 47.6 Å². The third kappa shape index (κ3) is 2.95. The number of esters is 2. The summed E-state index contributed by atoms with van der Waals surface area (Å²) in [5.74, 6) is -2.00. The van der Waals surface area contributed by atoms with Crippen LogP contribution >= 0.6 is 0 Å². The first-order valence-electron chi connectivity index (χ1n) is 11.2. The zero-order chi connectivity index (χ0) is 24.5. The number of aliphatic hydroxyl groups is 5. The molecule has 5 N–H and O–H groups in total. The van der Waals surface area contributed by atoms with Crippen LogP contribution in [0.3, 0.4) is 0 Å². The molecule has 4 bridgehead atoms. The lowest BCUT2D eigenvalue weighted by molar-refractivity contribution is -0.394. The summed E-state index contributed by atoms with van der Waals surface area (Å²) in [5, 5.41) is 51.0. The Hall–Kier alpha value is -2.12. The molecule has 5 aliphatic rings. The van der Waals surface area contributed by atoms with Crippen LogP contribution in [0, 0.1) is 11.3 Å². The molecule has 1 aromatic rings. The average molecular weight is 480 g/mol. The maximum Gasteiger partial charge on any atom is 0.338 e. The summed E-state index contributed by atoms with van der Waals surface area (Å²) in [6, 6.07) is 8.20. The zero-order valence-corrected chi connectivity index (χ0v) is 18.4. The number of hydrogen-bond acceptors (Lipinski definition) is 11. The molecule has 0 radical (unpaired) electrons. The fourth-order valence-corrected chi connectivity index (χ4v) is 6.19. The van der Waals surface area contributed by atoms with Crippen LogP contribution in [0.25, 0.3) is 0 Å². The highest BCUT2D eigenvalue weighted by Crippen LogP contribution is 2.73. The monoisotopic (exact) mass is 480 g/mol. The van der Waals surface area contributed by atoms with E-state index in [0.717, 1.165) is 0 Å². The predicted octanol–water partition coefficient (Wildman–Crippen LogP) is -1.51. The molecule has 34 heavy (non-hydrogen) atoms. The van der Waals surface area contributed by atoms with Gasteiger partial charge >= 0.3 is 11.9 Å². The Morgan fingerprint density at radius 1 is 1.09 bits per heavy atom. The van der Waals surface area contributed by atoms with Crippen molar-refractivity contribution in [2.75, 3.05) is 13.2 Å². The van der Waals surface area contributed by atoms with Gasteiger partial charge in [-0.05, 0) is 25.5 Å². The van der Waals surface area contributed by atoms with Gasteiger partial charge in [-0.1, -0.05) is 18.2 Å². The Balaban J connectivity index is 1.46. The van der Waals surface area contributed by atoms with Gasteiger partial charge < -0.3 is 44.5 Å². The van der Waals surface area contributed by atoms with Crippen molar-refractivity contribution in [3.8, 4) is 0 Å². The van der Waals surface area contributed by atoms with E-state index in [4.69, 9.17) is 18.9 Å². The first-order valence-corrected chi connectivity index (χ1v) is 11.2. The van der Waals surface area contributed by atoms with Crippen molar-refractivity contribution in [2.24, 2.45) is 11.3 Å². The van der Waals surface area contributed by atoms with Crippen LogP contribution in [-0.2, 0) is 23.7 Å². The molecule has 3 saturated carbocycles. The average Bonchev–Trinajstić information content (AvgIpc) is 2.88. The number of aliphatic hydroxyl groups excluding tert-OH is 5.